The third-order valence-electron chi connectivity index (χ3n) is 2.61. The van der Waals surface area contributed by atoms with Crippen LogP contribution in [0, 0.1) is 0 Å². The van der Waals surface area contributed by atoms with E-state index in [2.05, 4.69) is 5.32 Å². The largest absolute Gasteiger partial charge is 0.346 e. The second-order valence-corrected chi connectivity index (χ2v) is 7.87. The summed E-state index contributed by atoms with van der Waals surface area (Å²) in [6.07, 6.45) is 0.564. The molecule has 2 N–H and O–H groups in total. The molecule has 1 rings (SSSR count). The highest BCUT2D eigenvalue weighted by molar-refractivity contribution is 8.01. The van der Waals surface area contributed by atoms with Crippen LogP contribution in [0.5, 0.6) is 0 Å². The lowest BCUT2D eigenvalue weighted by atomic mass is 10.2. The van der Waals surface area contributed by atoms with Crippen molar-refractivity contribution >= 4 is 19.4 Å². The fraction of sp³-hybridized carbons (Fsp3) is 1.00. The Labute approximate surface area is 95.7 Å². The van der Waals surface area contributed by atoms with Crippen molar-refractivity contribution in [2.24, 2.45) is 0 Å². The molecule has 15 heavy (non-hydrogen) atoms. The van der Waals surface area contributed by atoms with E-state index >= 15 is 0 Å². The van der Waals surface area contributed by atoms with Crippen LogP contribution in [0.4, 0.5) is 0 Å². The van der Waals surface area contributed by atoms with Crippen LogP contribution in [0.25, 0.3) is 0 Å². The zero-order valence-electron chi connectivity index (χ0n) is 9.69. The van der Waals surface area contributed by atoms with Gasteiger partial charge in [-0.2, -0.15) is 0 Å². The molecule has 0 radical (unpaired) electrons. The van der Waals surface area contributed by atoms with Crippen molar-refractivity contribution in [3.05, 3.63) is 0 Å². The molecular formula is C9H20NO3PS. The van der Waals surface area contributed by atoms with Gasteiger partial charge in [-0.1, -0.05) is 6.92 Å². The second kappa shape index (κ2) is 4.76. The normalized spacial score (nSPS) is 31.1. The van der Waals surface area contributed by atoms with Gasteiger partial charge in [0.05, 0.1) is 6.10 Å². The van der Waals surface area contributed by atoms with E-state index in [-0.39, 0.29) is 10.9 Å². The highest BCUT2D eigenvalue weighted by Crippen LogP contribution is 2.56. The van der Waals surface area contributed by atoms with Crippen molar-refractivity contribution in [3.8, 4) is 0 Å². The Balaban J connectivity index is 2.73. The molecular weight excluding hydrogens is 233 g/mol. The van der Waals surface area contributed by atoms with Crippen LogP contribution in [0.1, 0.15) is 34.1 Å². The van der Waals surface area contributed by atoms with Gasteiger partial charge >= 0.3 is 7.60 Å². The SMILES string of the molecule is CCC(C)OP(=O)(O)C1NCSC1(C)C. The van der Waals surface area contributed by atoms with Gasteiger partial charge in [-0.05, 0) is 27.2 Å². The molecule has 3 atom stereocenters. The summed E-state index contributed by atoms with van der Waals surface area (Å²) in [5.74, 6) is 0.232. The molecule has 6 heteroatoms. The molecule has 1 saturated heterocycles. The summed E-state index contributed by atoms with van der Waals surface area (Å²) in [4.78, 5) is 9.91. The van der Waals surface area contributed by atoms with Crippen molar-refractivity contribution in [2.75, 3.05) is 5.88 Å². The number of hydrogen-bond acceptors (Lipinski definition) is 4. The van der Waals surface area contributed by atoms with Crippen LogP contribution in [-0.4, -0.2) is 27.4 Å². The lowest BCUT2D eigenvalue weighted by molar-refractivity contribution is 0.175. The predicted molar refractivity (Wildman–Crippen MR) is 64.1 cm³/mol. The summed E-state index contributed by atoms with van der Waals surface area (Å²) >= 11 is 1.65. The molecule has 0 aromatic heterocycles. The van der Waals surface area contributed by atoms with Gasteiger partial charge in [0.25, 0.3) is 0 Å². The zero-order chi connectivity index (χ0) is 11.7. The first-order valence-electron chi connectivity index (χ1n) is 5.18. The average molecular weight is 253 g/mol. The summed E-state index contributed by atoms with van der Waals surface area (Å²) in [5.41, 5.74) is 0. The number of thioether (sulfide) groups is 1. The summed E-state index contributed by atoms with van der Waals surface area (Å²) < 4.78 is 17.0. The molecule has 0 amide bonds. The molecule has 0 spiro atoms. The van der Waals surface area contributed by atoms with Crippen molar-refractivity contribution in [2.45, 2.75) is 50.7 Å². The molecule has 90 valence electrons. The first kappa shape index (κ1) is 13.5. The minimum absolute atomic E-state index is 0.177. The summed E-state index contributed by atoms with van der Waals surface area (Å²) in [6.45, 7) is 7.68. The van der Waals surface area contributed by atoms with Gasteiger partial charge in [0.1, 0.15) is 5.78 Å². The fourth-order valence-corrected chi connectivity index (χ4v) is 5.04. The highest BCUT2D eigenvalue weighted by atomic mass is 32.2. The quantitative estimate of drug-likeness (QED) is 0.753. The Morgan fingerprint density at radius 2 is 2.33 bits per heavy atom. The average Bonchev–Trinajstić information content (AvgIpc) is 2.45. The third-order valence-corrected chi connectivity index (χ3v) is 6.22. The maximum Gasteiger partial charge on any atom is 0.346 e. The van der Waals surface area contributed by atoms with Crippen LogP contribution in [-0.2, 0) is 9.09 Å². The van der Waals surface area contributed by atoms with Gasteiger partial charge in [-0.3, -0.25) is 9.88 Å². The minimum Gasteiger partial charge on any atom is -0.323 e. The van der Waals surface area contributed by atoms with Gasteiger partial charge in [0.15, 0.2) is 0 Å². The standard InChI is InChI=1S/C9H20NO3PS/c1-5-7(2)13-14(11,12)8-9(3,4)15-6-10-8/h7-8,10H,5-6H2,1-4H3,(H,11,12). The number of hydrogen-bond donors (Lipinski definition) is 2. The molecule has 0 aliphatic carbocycles. The van der Waals surface area contributed by atoms with Gasteiger partial charge in [0.2, 0.25) is 0 Å². The van der Waals surface area contributed by atoms with E-state index in [0.717, 1.165) is 6.42 Å². The highest BCUT2D eigenvalue weighted by Gasteiger charge is 2.48. The third kappa shape index (κ3) is 3.21. The van der Waals surface area contributed by atoms with E-state index in [1.807, 2.05) is 27.7 Å². The summed E-state index contributed by atoms with van der Waals surface area (Å²) in [6, 6.07) is 0. The molecule has 1 fully saturated rings. The van der Waals surface area contributed by atoms with Crippen LogP contribution in [0.15, 0.2) is 0 Å². The monoisotopic (exact) mass is 253 g/mol. The van der Waals surface area contributed by atoms with Crippen molar-refractivity contribution in [3.63, 3.8) is 0 Å². The van der Waals surface area contributed by atoms with E-state index in [9.17, 15) is 9.46 Å². The van der Waals surface area contributed by atoms with Crippen LogP contribution < -0.4 is 5.32 Å². The Hall–Kier alpha value is 0.460. The molecule has 0 bridgehead atoms. The maximum atomic E-state index is 12.1. The Morgan fingerprint density at radius 3 is 2.73 bits per heavy atom. The number of nitrogens with one attached hydrogen (secondary N) is 1. The Bertz CT molecular complexity index is 272. The van der Waals surface area contributed by atoms with Gasteiger partial charge < -0.3 is 9.42 Å². The predicted octanol–water partition coefficient (Wildman–Crippen LogP) is 2.39. The van der Waals surface area contributed by atoms with E-state index in [0.29, 0.717) is 5.88 Å². The van der Waals surface area contributed by atoms with Crippen LogP contribution >= 0.6 is 19.4 Å². The molecule has 0 aromatic rings. The molecule has 3 unspecified atom stereocenters. The minimum atomic E-state index is -3.57. The van der Waals surface area contributed by atoms with Crippen LogP contribution in [0.3, 0.4) is 0 Å². The lowest BCUT2D eigenvalue weighted by Crippen LogP contribution is -2.37. The second-order valence-electron chi connectivity index (χ2n) is 4.39. The maximum absolute atomic E-state index is 12.1. The van der Waals surface area contributed by atoms with E-state index in [4.69, 9.17) is 4.52 Å². The van der Waals surface area contributed by atoms with Crippen molar-refractivity contribution < 1.29 is 14.0 Å². The van der Waals surface area contributed by atoms with Crippen molar-refractivity contribution in [1.29, 1.82) is 0 Å². The lowest BCUT2D eigenvalue weighted by Gasteiger charge is -2.30. The van der Waals surface area contributed by atoms with Gasteiger partial charge in [0, 0.05) is 10.6 Å². The smallest absolute Gasteiger partial charge is 0.323 e. The summed E-state index contributed by atoms with van der Waals surface area (Å²) in [7, 11) is -3.57. The van der Waals surface area contributed by atoms with Gasteiger partial charge in [-0.25, -0.2) is 0 Å². The van der Waals surface area contributed by atoms with Gasteiger partial charge in [-0.15, -0.1) is 11.8 Å². The Kier molecular flexibility index (Phi) is 4.29. The first-order chi connectivity index (χ1) is 6.79. The molecule has 1 aliphatic rings. The molecule has 1 aliphatic heterocycles. The number of rotatable bonds is 4. The topological polar surface area (TPSA) is 58.6 Å². The molecule has 1 heterocycles. The molecule has 4 nitrogen and oxygen atoms in total. The first-order valence-corrected chi connectivity index (χ1v) is 7.81. The van der Waals surface area contributed by atoms with Crippen molar-refractivity contribution in [1.82, 2.24) is 5.32 Å². The Morgan fingerprint density at radius 1 is 1.73 bits per heavy atom. The fourth-order valence-electron chi connectivity index (χ4n) is 1.53. The van der Waals surface area contributed by atoms with E-state index < -0.39 is 13.4 Å². The van der Waals surface area contributed by atoms with E-state index in [1.165, 1.54) is 0 Å². The van der Waals surface area contributed by atoms with E-state index in [1.54, 1.807) is 11.8 Å². The molecule has 0 saturated carbocycles. The molecule has 0 aromatic carbocycles. The zero-order valence-corrected chi connectivity index (χ0v) is 11.4. The summed E-state index contributed by atoms with van der Waals surface area (Å²) in [5, 5.41) is 3.04. The van der Waals surface area contributed by atoms with Crippen LogP contribution in [0.2, 0.25) is 0 Å².